The second-order valence-corrected chi connectivity index (χ2v) is 6.69. The van der Waals surface area contributed by atoms with Crippen LogP contribution in [0.5, 0.6) is 0 Å². The van der Waals surface area contributed by atoms with Crippen molar-refractivity contribution < 1.29 is 9.59 Å². The molecule has 7 nitrogen and oxygen atoms in total. The predicted octanol–water partition coefficient (Wildman–Crippen LogP) is 2.91. The van der Waals surface area contributed by atoms with Gasteiger partial charge >= 0.3 is 0 Å². The molecule has 0 atom stereocenters. The molecule has 0 fully saturated rings. The molecule has 2 amide bonds. The van der Waals surface area contributed by atoms with E-state index in [4.69, 9.17) is 12.2 Å². The Kier molecular flexibility index (Phi) is 6.46. The summed E-state index contributed by atoms with van der Waals surface area (Å²) in [6, 6.07) is 6.88. The molecule has 0 bridgehead atoms. The molecule has 2 rings (SSSR count). The Morgan fingerprint density at radius 3 is 2.19 bits per heavy atom. The largest absolute Gasteiger partial charge is 0.336 e. The molecular formula is C18H22N4O3S. The van der Waals surface area contributed by atoms with Gasteiger partial charge in [0.15, 0.2) is 4.77 Å². The van der Waals surface area contributed by atoms with Crippen molar-refractivity contribution in [3.8, 4) is 0 Å². The first-order chi connectivity index (χ1) is 12.3. The van der Waals surface area contributed by atoms with Crippen molar-refractivity contribution in [2.75, 3.05) is 10.6 Å². The Morgan fingerprint density at radius 2 is 1.65 bits per heavy atom. The highest BCUT2D eigenvalue weighted by molar-refractivity contribution is 7.71. The molecule has 0 unspecified atom stereocenters. The molecule has 8 heteroatoms. The second-order valence-electron chi connectivity index (χ2n) is 6.28. The lowest BCUT2D eigenvalue weighted by atomic mass is 10.1. The number of rotatable bonds is 6. The molecule has 4 N–H and O–H groups in total. The summed E-state index contributed by atoms with van der Waals surface area (Å²) in [7, 11) is 0. The summed E-state index contributed by atoms with van der Waals surface area (Å²) in [5.41, 5.74) is 2.20. The minimum atomic E-state index is -0.274. The lowest BCUT2D eigenvalue weighted by Gasteiger charge is -2.09. The van der Waals surface area contributed by atoms with Gasteiger partial charge in [-0.1, -0.05) is 13.8 Å². The second kappa shape index (κ2) is 8.57. The molecule has 0 spiro atoms. The Labute approximate surface area is 156 Å². The van der Waals surface area contributed by atoms with Gasteiger partial charge in [-0.3, -0.25) is 19.4 Å². The molecule has 0 aliphatic heterocycles. The first kappa shape index (κ1) is 19.6. The molecule has 2 aromatic rings. The Morgan fingerprint density at radius 1 is 1.08 bits per heavy atom. The van der Waals surface area contributed by atoms with E-state index in [1.165, 1.54) is 0 Å². The zero-order valence-electron chi connectivity index (χ0n) is 14.9. The number of hydrogen-bond acceptors (Lipinski definition) is 4. The highest BCUT2D eigenvalue weighted by Crippen LogP contribution is 2.15. The predicted molar refractivity (Wildman–Crippen MR) is 104 cm³/mol. The number of benzene rings is 1. The zero-order chi connectivity index (χ0) is 19.3. The maximum Gasteiger partial charge on any atom is 0.255 e. The quantitative estimate of drug-likeness (QED) is 0.583. The molecule has 0 radical (unpaired) electrons. The molecule has 138 valence electrons. The van der Waals surface area contributed by atoms with Crippen LogP contribution in [0.15, 0.2) is 29.1 Å². The number of nitrogens with one attached hydrogen (secondary N) is 4. The molecular weight excluding hydrogens is 352 g/mol. The molecule has 26 heavy (non-hydrogen) atoms. The first-order valence-corrected chi connectivity index (χ1v) is 8.70. The van der Waals surface area contributed by atoms with Crippen LogP contribution >= 0.6 is 12.2 Å². The van der Waals surface area contributed by atoms with Crippen LogP contribution in [0, 0.1) is 17.6 Å². The number of hydrogen-bond donors (Lipinski definition) is 4. The van der Waals surface area contributed by atoms with Gasteiger partial charge in [-0.15, -0.1) is 0 Å². The van der Waals surface area contributed by atoms with Crippen LogP contribution in [-0.4, -0.2) is 21.8 Å². The van der Waals surface area contributed by atoms with Crippen LogP contribution < -0.4 is 16.2 Å². The minimum absolute atomic E-state index is 0.0655. The van der Waals surface area contributed by atoms with Gasteiger partial charge in [0.2, 0.25) is 11.8 Å². The van der Waals surface area contributed by atoms with Crippen LogP contribution in [0.3, 0.4) is 0 Å². The molecule has 0 aliphatic rings. The number of aromatic amines is 2. The van der Waals surface area contributed by atoms with Crippen molar-refractivity contribution >= 4 is 35.4 Å². The fourth-order valence-electron chi connectivity index (χ4n) is 2.31. The third kappa shape index (κ3) is 5.38. The van der Waals surface area contributed by atoms with Crippen molar-refractivity contribution in [2.24, 2.45) is 5.92 Å². The van der Waals surface area contributed by atoms with Gasteiger partial charge in [-0.25, -0.2) is 0 Å². The summed E-state index contributed by atoms with van der Waals surface area (Å²) >= 11 is 4.90. The fraction of sp³-hybridized carbons (Fsp3) is 0.333. The number of carbonyl (C=O) groups is 2. The van der Waals surface area contributed by atoms with Crippen LogP contribution in [0.2, 0.25) is 0 Å². The number of aromatic nitrogens is 2. The van der Waals surface area contributed by atoms with Gasteiger partial charge in [0.1, 0.15) is 0 Å². The SMILES string of the molecule is Cc1[nH]c(=S)[nH]c(=O)c1CCC(=O)Nc1ccc(NC(=O)C(C)C)cc1. The number of anilines is 2. The Bertz CT molecular complexity index is 913. The number of amides is 2. The maximum atomic E-state index is 12.1. The lowest BCUT2D eigenvalue weighted by molar-refractivity contribution is -0.119. The summed E-state index contributed by atoms with van der Waals surface area (Å²) in [6.07, 6.45) is 0.474. The molecule has 1 heterocycles. The normalized spacial score (nSPS) is 10.6. The Hall–Kier alpha value is -2.74. The average molecular weight is 374 g/mol. The van der Waals surface area contributed by atoms with E-state index in [9.17, 15) is 14.4 Å². The molecule has 0 saturated heterocycles. The third-order valence-corrected chi connectivity index (χ3v) is 4.02. The average Bonchev–Trinajstić information content (AvgIpc) is 2.55. The summed E-state index contributed by atoms with van der Waals surface area (Å²) in [5, 5.41) is 5.55. The summed E-state index contributed by atoms with van der Waals surface area (Å²) in [5.74, 6) is -0.373. The standard InChI is InChI=1S/C18H22N4O3S/c1-10(2)16(24)21-13-6-4-12(5-7-13)20-15(23)9-8-14-11(3)19-18(26)22-17(14)25/h4-7,10H,8-9H2,1-3H3,(H,20,23)(H,21,24)(H2,19,22,25,26). The van der Waals surface area contributed by atoms with Crippen LogP contribution in [-0.2, 0) is 16.0 Å². The smallest absolute Gasteiger partial charge is 0.255 e. The van der Waals surface area contributed by atoms with E-state index < -0.39 is 0 Å². The first-order valence-electron chi connectivity index (χ1n) is 8.29. The van der Waals surface area contributed by atoms with Gasteiger partial charge in [0, 0.05) is 35.0 Å². The monoisotopic (exact) mass is 374 g/mol. The topological polar surface area (TPSA) is 107 Å². The van der Waals surface area contributed by atoms with Gasteiger partial charge in [0.25, 0.3) is 5.56 Å². The van der Waals surface area contributed by atoms with Gasteiger partial charge < -0.3 is 15.6 Å². The van der Waals surface area contributed by atoms with Gasteiger partial charge in [-0.05, 0) is 49.8 Å². The molecule has 1 aromatic carbocycles. The van der Waals surface area contributed by atoms with E-state index in [0.29, 0.717) is 29.1 Å². The van der Waals surface area contributed by atoms with E-state index in [0.717, 1.165) is 0 Å². The van der Waals surface area contributed by atoms with E-state index in [1.807, 2.05) is 13.8 Å². The van der Waals surface area contributed by atoms with Crippen molar-refractivity contribution in [1.29, 1.82) is 0 Å². The minimum Gasteiger partial charge on any atom is -0.336 e. The van der Waals surface area contributed by atoms with Crippen LogP contribution in [0.25, 0.3) is 0 Å². The number of carbonyl (C=O) groups excluding carboxylic acids is 2. The van der Waals surface area contributed by atoms with Crippen molar-refractivity contribution in [1.82, 2.24) is 9.97 Å². The summed E-state index contributed by atoms with van der Waals surface area (Å²) in [4.78, 5) is 41.0. The zero-order valence-corrected chi connectivity index (χ0v) is 15.8. The van der Waals surface area contributed by atoms with E-state index in [2.05, 4.69) is 20.6 Å². The molecule has 1 aromatic heterocycles. The third-order valence-electron chi connectivity index (χ3n) is 3.82. The fourth-order valence-corrected chi connectivity index (χ4v) is 2.56. The summed E-state index contributed by atoms with van der Waals surface area (Å²) in [6.45, 7) is 5.38. The van der Waals surface area contributed by atoms with Gasteiger partial charge in [-0.2, -0.15) is 0 Å². The summed E-state index contributed by atoms with van der Waals surface area (Å²) < 4.78 is 0.269. The number of H-pyrrole nitrogens is 2. The van der Waals surface area contributed by atoms with Crippen molar-refractivity contribution in [2.45, 2.75) is 33.6 Å². The number of aryl methyl sites for hydroxylation is 1. The van der Waals surface area contributed by atoms with Crippen LogP contribution in [0.4, 0.5) is 11.4 Å². The van der Waals surface area contributed by atoms with Crippen molar-refractivity contribution in [3.63, 3.8) is 0 Å². The van der Waals surface area contributed by atoms with E-state index in [1.54, 1.807) is 31.2 Å². The Balaban J connectivity index is 1.93. The van der Waals surface area contributed by atoms with Crippen LogP contribution in [0.1, 0.15) is 31.5 Å². The molecule has 0 saturated carbocycles. The lowest BCUT2D eigenvalue weighted by Crippen LogP contribution is -2.19. The maximum absolute atomic E-state index is 12.1. The molecule has 0 aliphatic carbocycles. The van der Waals surface area contributed by atoms with E-state index >= 15 is 0 Å². The highest BCUT2D eigenvalue weighted by atomic mass is 32.1. The van der Waals surface area contributed by atoms with E-state index in [-0.39, 0.29) is 34.5 Å². The van der Waals surface area contributed by atoms with Gasteiger partial charge in [0.05, 0.1) is 0 Å². The van der Waals surface area contributed by atoms with Crippen molar-refractivity contribution in [3.05, 3.63) is 50.6 Å². The highest BCUT2D eigenvalue weighted by Gasteiger charge is 2.10.